The SMILES string of the molecule is O=S(O)OS(=O)O.O=S([O-])S(=O)(=O)[O-].[K+].[K+]. The first-order valence-electron chi connectivity index (χ1n) is 2.03. The van der Waals surface area contributed by atoms with Crippen molar-refractivity contribution >= 4 is 42.0 Å². The summed E-state index contributed by atoms with van der Waals surface area (Å²) in [6.45, 7) is 0. The Morgan fingerprint density at radius 2 is 1.19 bits per heavy atom. The van der Waals surface area contributed by atoms with Crippen LogP contribution in [0.2, 0.25) is 0 Å². The van der Waals surface area contributed by atoms with E-state index in [9.17, 15) is 8.42 Å². The fourth-order valence-corrected chi connectivity index (χ4v) is 0.448. The molecule has 88 valence electrons. The first-order valence-corrected chi connectivity index (χ1v) is 7.10. The molecule has 0 rings (SSSR count). The van der Waals surface area contributed by atoms with Gasteiger partial charge in [0.2, 0.25) is 0 Å². The molecule has 0 aromatic carbocycles. The molecule has 0 aromatic rings. The summed E-state index contributed by atoms with van der Waals surface area (Å²) in [6, 6.07) is 0. The molecule has 0 aliphatic rings. The standard InChI is InChI=1S/2K.2H2O5S2/c;;1-6(2)7(3,4)5;1-6(2)5-7(3)4/h;;(H,1,2)(H,3,4,5);(H,1,2)(H,3,4)/q2*+1;;/p-2. The van der Waals surface area contributed by atoms with E-state index in [-0.39, 0.29) is 103 Å². The average Bonchev–Trinajstić information content (AvgIpc) is 1.81. The molecule has 0 saturated heterocycles. The molecule has 0 heterocycles. The van der Waals surface area contributed by atoms with Crippen molar-refractivity contribution in [3.63, 3.8) is 0 Å². The summed E-state index contributed by atoms with van der Waals surface area (Å²) in [7, 11) is -8.59. The van der Waals surface area contributed by atoms with Crippen LogP contribution in [-0.4, -0.2) is 39.3 Å². The van der Waals surface area contributed by atoms with Crippen LogP contribution in [0, 0.1) is 0 Å². The minimum absolute atomic E-state index is 0. The number of rotatable bonds is 3. The Morgan fingerprint density at radius 1 is 1.00 bits per heavy atom. The van der Waals surface area contributed by atoms with Gasteiger partial charge < -0.3 is 9.11 Å². The molecule has 0 spiro atoms. The summed E-state index contributed by atoms with van der Waals surface area (Å²) in [5.41, 5.74) is 0. The Morgan fingerprint density at radius 3 is 1.19 bits per heavy atom. The van der Waals surface area contributed by atoms with Gasteiger partial charge in [0.15, 0.2) is 9.15 Å². The molecule has 0 amide bonds. The fourth-order valence-electron chi connectivity index (χ4n) is 0.0498. The maximum Gasteiger partial charge on any atom is 1.00 e. The molecular formula is H2K2O10S4. The maximum atomic E-state index is 9.35. The van der Waals surface area contributed by atoms with Crippen LogP contribution in [0.1, 0.15) is 0 Å². The van der Waals surface area contributed by atoms with Gasteiger partial charge in [0, 0.05) is 0 Å². The molecule has 0 aromatic heterocycles. The first kappa shape index (κ1) is 27.8. The van der Waals surface area contributed by atoms with Gasteiger partial charge in [0.05, 0.1) is 10.1 Å². The zero-order valence-electron chi connectivity index (χ0n) is 7.79. The minimum Gasteiger partial charge on any atom is -0.761 e. The Bertz CT molecular complexity index is 317. The molecule has 1 unspecified atom stereocenters. The van der Waals surface area contributed by atoms with Gasteiger partial charge in [-0.05, 0) is 0 Å². The normalized spacial score (nSPS) is 15.2. The van der Waals surface area contributed by atoms with E-state index in [0.29, 0.717) is 0 Å². The molecular weight excluding hydrogens is 366 g/mol. The topological polar surface area (TPSA) is 181 Å². The van der Waals surface area contributed by atoms with Crippen molar-refractivity contribution in [2.45, 2.75) is 0 Å². The summed E-state index contributed by atoms with van der Waals surface area (Å²) in [5.74, 6) is 0. The van der Waals surface area contributed by atoms with E-state index in [2.05, 4.69) is 3.63 Å². The molecule has 0 fully saturated rings. The zero-order chi connectivity index (χ0) is 11.9. The monoisotopic (exact) mass is 368 g/mol. The summed E-state index contributed by atoms with van der Waals surface area (Å²) < 4.78 is 83.0. The Hall–Kier alpha value is 3.47. The Balaban J connectivity index is -0.0000000800. The molecule has 0 aliphatic carbocycles. The second kappa shape index (κ2) is 14.9. The number of hydrogen-bond acceptors (Lipinski definition) is 8. The summed E-state index contributed by atoms with van der Waals surface area (Å²) in [6.07, 6.45) is 0. The van der Waals surface area contributed by atoms with E-state index >= 15 is 0 Å². The molecule has 16 heavy (non-hydrogen) atoms. The average molecular weight is 368 g/mol. The van der Waals surface area contributed by atoms with Crippen LogP contribution in [0.4, 0.5) is 0 Å². The van der Waals surface area contributed by atoms with Gasteiger partial charge >= 0.3 is 125 Å². The van der Waals surface area contributed by atoms with Crippen LogP contribution in [0.25, 0.3) is 0 Å². The summed E-state index contributed by atoms with van der Waals surface area (Å²) in [5, 5.41) is 0. The molecule has 2 N–H and O–H groups in total. The number of hydrogen-bond donors (Lipinski definition) is 2. The van der Waals surface area contributed by atoms with E-state index in [4.69, 9.17) is 30.8 Å². The van der Waals surface area contributed by atoms with E-state index in [1.54, 1.807) is 0 Å². The predicted molar refractivity (Wildman–Crippen MR) is 41.2 cm³/mol. The van der Waals surface area contributed by atoms with Crippen LogP contribution in [0.15, 0.2) is 0 Å². The van der Waals surface area contributed by atoms with Gasteiger partial charge in [-0.1, -0.05) is 0 Å². The Labute approximate surface area is 183 Å². The largest absolute Gasteiger partial charge is 1.00 e. The summed E-state index contributed by atoms with van der Waals surface area (Å²) in [4.78, 5) is 0. The van der Waals surface area contributed by atoms with Crippen LogP contribution < -0.4 is 103 Å². The van der Waals surface area contributed by atoms with Crippen molar-refractivity contribution in [1.82, 2.24) is 0 Å². The van der Waals surface area contributed by atoms with Gasteiger partial charge in [-0.25, -0.2) is 8.42 Å². The van der Waals surface area contributed by atoms with Gasteiger partial charge in [0.1, 0.15) is 0 Å². The van der Waals surface area contributed by atoms with Crippen LogP contribution >= 0.6 is 0 Å². The molecule has 0 saturated carbocycles. The van der Waals surface area contributed by atoms with Crippen LogP contribution in [0.3, 0.4) is 0 Å². The van der Waals surface area contributed by atoms with E-state index < -0.39 is 42.0 Å². The van der Waals surface area contributed by atoms with Crippen LogP contribution in [0.5, 0.6) is 0 Å². The van der Waals surface area contributed by atoms with Crippen molar-refractivity contribution in [2.75, 3.05) is 0 Å². The van der Waals surface area contributed by atoms with Gasteiger partial charge in [-0.2, -0.15) is 8.42 Å². The molecule has 0 bridgehead atoms. The van der Waals surface area contributed by atoms with Crippen molar-refractivity contribution in [2.24, 2.45) is 0 Å². The molecule has 16 heteroatoms. The van der Waals surface area contributed by atoms with Crippen molar-refractivity contribution in [3.8, 4) is 0 Å². The third-order valence-corrected chi connectivity index (χ3v) is 2.55. The maximum absolute atomic E-state index is 9.35. The summed E-state index contributed by atoms with van der Waals surface area (Å²) >= 11 is -5.29. The third kappa shape index (κ3) is 26.1. The van der Waals surface area contributed by atoms with E-state index in [1.807, 2.05) is 0 Å². The minimum atomic E-state index is -5.07. The van der Waals surface area contributed by atoms with E-state index in [1.165, 1.54) is 0 Å². The fraction of sp³-hybridized carbons (Fsp3) is 0. The molecule has 0 aliphatic heterocycles. The van der Waals surface area contributed by atoms with Crippen molar-refractivity contribution < 1.29 is 146 Å². The van der Waals surface area contributed by atoms with Gasteiger partial charge in [-0.15, -0.1) is 3.63 Å². The van der Waals surface area contributed by atoms with Gasteiger partial charge in [-0.3, -0.25) is 13.3 Å². The van der Waals surface area contributed by atoms with E-state index in [0.717, 1.165) is 0 Å². The van der Waals surface area contributed by atoms with Crippen LogP contribution in [-0.2, 0) is 45.6 Å². The second-order valence-electron chi connectivity index (χ2n) is 1.11. The molecule has 1 atom stereocenters. The Kier molecular flexibility index (Phi) is 25.8. The third-order valence-electron chi connectivity index (χ3n) is 0.283. The van der Waals surface area contributed by atoms with Gasteiger partial charge in [0.25, 0.3) is 0 Å². The quantitative estimate of drug-likeness (QED) is 0.210. The zero-order valence-corrected chi connectivity index (χ0v) is 17.3. The molecule has 10 nitrogen and oxygen atoms in total. The predicted octanol–water partition coefficient (Wildman–Crippen LogP) is -8.39. The first-order chi connectivity index (χ1) is 6.07. The van der Waals surface area contributed by atoms with Crippen molar-refractivity contribution in [3.05, 3.63) is 0 Å². The smallest absolute Gasteiger partial charge is 0.761 e. The second-order valence-corrected chi connectivity index (χ2v) is 5.79. The van der Waals surface area contributed by atoms with Crippen molar-refractivity contribution in [1.29, 1.82) is 0 Å². The molecule has 0 radical (unpaired) electrons.